The van der Waals surface area contributed by atoms with Crippen molar-refractivity contribution in [3.63, 3.8) is 0 Å². The van der Waals surface area contributed by atoms with Gasteiger partial charge in [0.05, 0.1) is 24.5 Å². The number of aromatic nitrogens is 1. The molecule has 0 fully saturated rings. The second-order valence-electron chi connectivity index (χ2n) is 7.15. The highest BCUT2D eigenvalue weighted by Crippen LogP contribution is 2.25. The van der Waals surface area contributed by atoms with Crippen LogP contribution in [0, 0.1) is 11.8 Å². The predicted molar refractivity (Wildman–Crippen MR) is 118 cm³/mol. The first-order valence-electron chi connectivity index (χ1n) is 9.73. The van der Waals surface area contributed by atoms with Crippen molar-refractivity contribution in [2.45, 2.75) is 39.7 Å². The summed E-state index contributed by atoms with van der Waals surface area (Å²) >= 11 is 1.45. The van der Waals surface area contributed by atoms with E-state index in [0.717, 1.165) is 22.7 Å². The van der Waals surface area contributed by atoms with Crippen LogP contribution in [0.25, 0.3) is 0 Å². The lowest BCUT2D eigenvalue weighted by Crippen LogP contribution is -2.41. The van der Waals surface area contributed by atoms with Gasteiger partial charge < -0.3 is 10.1 Å². The zero-order valence-corrected chi connectivity index (χ0v) is 19.5. The third-order valence-corrected chi connectivity index (χ3v) is 5.83. The fourth-order valence-corrected chi connectivity index (χ4v) is 4.08. The molecule has 1 aromatic heterocycles. The number of thiazole rings is 1. The molecule has 2 atom stereocenters. The number of benzene rings is 1. The molecule has 0 unspecified atom stereocenters. The highest BCUT2D eigenvalue weighted by molar-refractivity contribution is 7.67. The molecule has 0 radical (unpaired) electrons. The Morgan fingerprint density at radius 1 is 1.19 bits per heavy atom. The molecule has 0 aliphatic rings. The van der Waals surface area contributed by atoms with E-state index < -0.39 is 34.8 Å². The Labute approximate surface area is 187 Å². The smallest absolute Gasteiger partial charge is 0.318 e. The summed E-state index contributed by atoms with van der Waals surface area (Å²) in [6.45, 7) is 5.58. The Morgan fingerprint density at radius 2 is 1.87 bits per heavy atom. The molecule has 170 valence electrons. The molecule has 0 saturated heterocycles. The Bertz CT molecular complexity index is 948. The first-order valence-corrected chi connectivity index (χ1v) is 11.7. The van der Waals surface area contributed by atoms with Crippen molar-refractivity contribution < 1.29 is 27.0 Å². The topological polar surface area (TPSA) is 124 Å². The molecule has 2 aromatic rings. The van der Waals surface area contributed by atoms with Gasteiger partial charge in [0.2, 0.25) is 5.91 Å². The summed E-state index contributed by atoms with van der Waals surface area (Å²) in [5.74, 6) is -2.14. The SMILES string of the molecule is CCc1csc([C@H](Cc2ccc(NO[SH](=O)=O)cc2)NC(=O)[C@@H](C(=O)OC)C(C)C)n1. The number of ether oxygens (including phenoxy) is 1. The molecular formula is C20H27N3O6S2. The third-order valence-electron chi connectivity index (χ3n) is 4.58. The molecule has 1 aromatic carbocycles. The monoisotopic (exact) mass is 469 g/mol. The normalized spacial score (nSPS) is 13.1. The van der Waals surface area contributed by atoms with Gasteiger partial charge in [-0.3, -0.25) is 9.59 Å². The highest BCUT2D eigenvalue weighted by atomic mass is 32.2. The van der Waals surface area contributed by atoms with Gasteiger partial charge in [-0.1, -0.05) is 32.9 Å². The van der Waals surface area contributed by atoms with Gasteiger partial charge in [0.25, 0.3) is 11.0 Å². The quantitative estimate of drug-likeness (QED) is 0.198. The average molecular weight is 470 g/mol. The Balaban J connectivity index is 2.22. The van der Waals surface area contributed by atoms with Crippen LogP contribution < -0.4 is 10.8 Å². The second kappa shape index (κ2) is 11.8. The number of thiol groups is 1. The standard InChI is InChI=1S/C20H27N3O6S2/c1-5-14-11-30-19(21-14)16(22-18(24)17(12(2)3)20(25)28-4)10-13-6-8-15(9-7-13)23-29-31(26)27/h6-9,11-12,16-17,23,31H,5,10H2,1-4H3,(H,22,24)/t16-,17-/m0/s1. The number of hydrogen-bond acceptors (Lipinski definition) is 9. The average Bonchev–Trinajstić information content (AvgIpc) is 3.21. The number of carbonyl (C=O) groups is 2. The van der Waals surface area contributed by atoms with Crippen molar-refractivity contribution in [1.29, 1.82) is 0 Å². The number of methoxy groups -OCH3 is 1. The molecule has 0 aliphatic heterocycles. The Kier molecular flexibility index (Phi) is 9.41. The lowest BCUT2D eigenvalue weighted by Gasteiger charge is -2.22. The van der Waals surface area contributed by atoms with E-state index in [1.807, 2.05) is 12.3 Å². The minimum Gasteiger partial charge on any atom is -0.468 e. The van der Waals surface area contributed by atoms with Gasteiger partial charge in [0, 0.05) is 5.38 Å². The van der Waals surface area contributed by atoms with Crippen LogP contribution >= 0.6 is 11.3 Å². The zero-order chi connectivity index (χ0) is 23.0. The molecule has 31 heavy (non-hydrogen) atoms. The first-order chi connectivity index (χ1) is 14.7. The maximum atomic E-state index is 12.9. The van der Waals surface area contributed by atoms with Crippen LogP contribution in [0.3, 0.4) is 0 Å². The number of aryl methyl sites for hydroxylation is 1. The molecule has 2 N–H and O–H groups in total. The Hall–Kier alpha value is -2.50. The van der Waals surface area contributed by atoms with Gasteiger partial charge in [-0.2, -0.15) is 4.28 Å². The summed E-state index contributed by atoms with van der Waals surface area (Å²) in [6, 6.07) is 6.47. The molecule has 11 heteroatoms. The third kappa shape index (κ3) is 7.30. The molecule has 0 spiro atoms. The summed E-state index contributed by atoms with van der Waals surface area (Å²) < 4.78 is 30.2. The first kappa shape index (κ1) is 24.8. The van der Waals surface area contributed by atoms with Gasteiger partial charge in [-0.25, -0.2) is 18.9 Å². The molecule has 1 amide bonds. The fraction of sp³-hybridized carbons (Fsp3) is 0.450. The van der Waals surface area contributed by atoms with E-state index >= 15 is 0 Å². The fourth-order valence-electron chi connectivity index (χ4n) is 2.95. The van der Waals surface area contributed by atoms with Gasteiger partial charge in [0.15, 0.2) is 0 Å². The second-order valence-corrected chi connectivity index (χ2v) is 8.67. The number of hydrogen-bond donors (Lipinski definition) is 3. The molecule has 0 bridgehead atoms. The predicted octanol–water partition coefficient (Wildman–Crippen LogP) is 2.42. The van der Waals surface area contributed by atoms with Crippen LogP contribution in [0.2, 0.25) is 0 Å². The summed E-state index contributed by atoms with van der Waals surface area (Å²) in [6.07, 6.45) is 1.21. The van der Waals surface area contributed by atoms with Crippen molar-refractivity contribution in [3.8, 4) is 0 Å². The number of anilines is 1. The molecule has 1 heterocycles. The maximum absolute atomic E-state index is 12.9. The molecule has 0 aliphatic carbocycles. The number of nitrogens with one attached hydrogen (secondary N) is 2. The van der Waals surface area contributed by atoms with Crippen LogP contribution in [0.15, 0.2) is 29.6 Å². The largest absolute Gasteiger partial charge is 0.468 e. The number of nitrogens with zero attached hydrogens (tertiary/aromatic N) is 1. The van der Waals surface area contributed by atoms with E-state index in [1.54, 1.807) is 38.1 Å². The zero-order valence-electron chi connectivity index (χ0n) is 17.8. The van der Waals surface area contributed by atoms with Crippen molar-refractivity contribution in [2.24, 2.45) is 11.8 Å². The minimum atomic E-state index is -3.01. The highest BCUT2D eigenvalue weighted by Gasteiger charge is 2.33. The summed E-state index contributed by atoms with van der Waals surface area (Å²) in [5.41, 5.74) is 4.60. The van der Waals surface area contributed by atoms with Crippen LogP contribution in [-0.4, -0.2) is 32.4 Å². The van der Waals surface area contributed by atoms with Gasteiger partial charge in [-0.15, -0.1) is 11.3 Å². The lowest BCUT2D eigenvalue weighted by atomic mass is 9.94. The molecule has 0 saturated carbocycles. The van der Waals surface area contributed by atoms with Crippen molar-refractivity contribution in [2.75, 3.05) is 12.6 Å². The van der Waals surface area contributed by atoms with E-state index in [0.29, 0.717) is 12.1 Å². The van der Waals surface area contributed by atoms with Crippen LogP contribution in [-0.2, 0) is 42.4 Å². The number of amides is 1. The van der Waals surface area contributed by atoms with Gasteiger partial charge in [-0.05, 0) is 36.5 Å². The van der Waals surface area contributed by atoms with Crippen LogP contribution in [0.4, 0.5) is 5.69 Å². The van der Waals surface area contributed by atoms with E-state index in [4.69, 9.17) is 4.74 Å². The van der Waals surface area contributed by atoms with Crippen molar-refractivity contribution >= 4 is 39.9 Å². The minimum absolute atomic E-state index is 0.228. The van der Waals surface area contributed by atoms with E-state index in [2.05, 4.69) is 20.1 Å². The van der Waals surface area contributed by atoms with Gasteiger partial charge in [0.1, 0.15) is 10.9 Å². The summed E-state index contributed by atoms with van der Waals surface area (Å²) in [7, 11) is -1.74. The van der Waals surface area contributed by atoms with Crippen LogP contribution in [0.5, 0.6) is 0 Å². The Morgan fingerprint density at radius 3 is 2.39 bits per heavy atom. The summed E-state index contributed by atoms with van der Waals surface area (Å²) in [4.78, 5) is 29.6. The molecule has 9 nitrogen and oxygen atoms in total. The summed E-state index contributed by atoms with van der Waals surface area (Å²) in [5, 5.41) is 5.65. The van der Waals surface area contributed by atoms with Crippen LogP contribution in [0.1, 0.15) is 43.1 Å². The molecule has 2 rings (SSSR count). The number of carbonyl (C=O) groups excluding carboxylic acids is 2. The maximum Gasteiger partial charge on any atom is 0.318 e. The van der Waals surface area contributed by atoms with E-state index in [9.17, 15) is 18.0 Å². The number of rotatable bonds is 11. The number of esters is 1. The van der Waals surface area contributed by atoms with Gasteiger partial charge >= 0.3 is 5.97 Å². The molecular weight excluding hydrogens is 442 g/mol. The van der Waals surface area contributed by atoms with E-state index in [1.165, 1.54) is 18.4 Å². The van der Waals surface area contributed by atoms with E-state index in [-0.39, 0.29) is 5.92 Å². The lowest BCUT2D eigenvalue weighted by molar-refractivity contribution is -0.152. The van der Waals surface area contributed by atoms with Crippen molar-refractivity contribution in [3.05, 3.63) is 45.9 Å². The van der Waals surface area contributed by atoms with Crippen molar-refractivity contribution in [1.82, 2.24) is 10.3 Å².